The molecule has 0 spiro atoms. The minimum atomic E-state index is 0.419. The number of carbonyl (C=O) groups is 1. The SMILES string of the molecule is CC(C)C1CN(C(=O)CC2CC3CCC(C2)N3)CCS1. The van der Waals surface area contributed by atoms with Crippen LogP contribution in [0, 0.1) is 11.8 Å². The van der Waals surface area contributed by atoms with Crippen LogP contribution in [0.3, 0.4) is 0 Å². The molecule has 0 saturated carbocycles. The Hall–Kier alpha value is -0.220. The second-order valence-corrected chi connectivity index (χ2v) is 8.52. The molecule has 0 aliphatic carbocycles. The van der Waals surface area contributed by atoms with Gasteiger partial charge in [-0.1, -0.05) is 13.8 Å². The summed E-state index contributed by atoms with van der Waals surface area (Å²) >= 11 is 2.05. The van der Waals surface area contributed by atoms with E-state index in [9.17, 15) is 4.79 Å². The van der Waals surface area contributed by atoms with Crippen molar-refractivity contribution in [2.24, 2.45) is 11.8 Å². The highest BCUT2D eigenvalue weighted by atomic mass is 32.2. The fraction of sp³-hybridized carbons (Fsp3) is 0.938. The molecule has 3 fully saturated rings. The summed E-state index contributed by atoms with van der Waals surface area (Å²) in [6, 6.07) is 1.40. The predicted octanol–water partition coefficient (Wildman–Crippen LogP) is 2.51. The molecule has 2 bridgehead atoms. The number of fused-ring (bicyclic) bond motifs is 2. The molecule has 4 heteroatoms. The van der Waals surface area contributed by atoms with Crippen molar-refractivity contribution >= 4 is 17.7 Å². The highest BCUT2D eigenvalue weighted by molar-refractivity contribution is 8.00. The van der Waals surface area contributed by atoms with Crippen LogP contribution in [0.25, 0.3) is 0 Å². The zero-order valence-electron chi connectivity index (χ0n) is 12.8. The number of carbonyl (C=O) groups excluding carboxylic acids is 1. The standard InChI is InChI=1S/C16H28N2OS/c1-11(2)15-10-18(5-6-20-15)16(19)9-12-7-13-3-4-14(8-12)17-13/h11-15,17H,3-10H2,1-2H3. The van der Waals surface area contributed by atoms with Gasteiger partial charge in [0.05, 0.1) is 0 Å². The van der Waals surface area contributed by atoms with Crippen molar-refractivity contribution in [3.8, 4) is 0 Å². The van der Waals surface area contributed by atoms with E-state index in [1.54, 1.807) is 0 Å². The third-order valence-electron chi connectivity index (χ3n) is 5.22. The van der Waals surface area contributed by atoms with Crippen LogP contribution in [0.5, 0.6) is 0 Å². The minimum Gasteiger partial charge on any atom is -0.341 e. The molecule has 3 aliphatic rings. The number of nitrogens with zero attached hydrogens (tertiary/aromatic N) is 1. The minimum absolute atomic E-state index is 0.419. The molecule has 0 radical (unpaired) electrons. The summed E-state index contributed by atoms with van der Waals surface area (Å²) in [5, 5.41) is 4.30. The Kier molecular flexibility index (Phi) is 4.61. The van der Waals surface area contributed by atoms with E-state index in [0.29, 0.717) is 35.1 Å². The van der Waals surface area contributed by atoms with Crippen molar-refractivity contribution in [1.29, 1.82) is 0 Å². The Morgan fingerprint density at radius 1 is 1.30 bits per heavy atom. The first-order chi connectivity index (χ1) is 9.61. The molecule has 1 amide bonds. The van der Waals surface area contributed by atoms with Crippen LogP contribution in [0.1, 0.15) is 46.0 Å². The van der Waals surface area contributed by atoms with E-state index in [0.717, 1.165) is 25.3 Å². The highest BCUT2D eigenvalue weighted by Gasteiger charge is 2.35. The lowest BCUT2D eigenvalue weighted by atomic mass is 9.89. The van der Waals surface area contributed by atoms with Gasteiger partial charge in [0.2, 0.25) is 5.91 Å². The van der Waals surface area contributed by atoms with Gasteiger partial charge < -0.3 is 10.2 Å². The lowest BCUT2D eigenvalue weighted by molar-refractivity contribution is -0.132. The quantitative estimate of drug-likeness (QED) is 0.868. The van der Waals surface area contributed by atoms with Crippen LogP contribution in [0.2, 0.25) is 0 Å². The summed E-state index contributed by atoms with van der Waals surface area (Å²) in [7, 11) is 0. The average molecular weight is 296 g/mol. The average Bonchev–Trinajstić information content (AvgIpc) is 2.78. The molecule has 3 rings (SSSR count). The van der Waals surface area contributed by atoms with E-state index >= 15 is 0 Å². The van der Waals surface area contributed by atoms with Crippen molar-refractivity contribution in [3.05, 3.63) is 0 Å². The Bertz CT molecular complexity index is 348. The molecule has 1 N–H and O–H groups in total. The van der Waals surface area contributed by atoms with Crippen LogP contribution in [0.4, 0.5) is 0 Å². The summed E-state index contributed by atoms with van der Waals surface area (Å²) in [5.74, 6) is 2.84. The molecular formula is C16H28N2OS. The van der Waals surface area contributed by atoms with Gasteiger partial charge in [0.15, 0.2) is 0 Å². The Morgan fingerprint density at radius 2 is 2.00 bits per heavy atom. The summed E-state index contributed by atoms with van der Waals surface area (Å²) in [6.07, 6.45) is 5.89. The van der Waals surface area contributed by atoms with Crippen LogP contribution in [-0.4, -0.2) is 47.0 Å². The molecule has 0 aromatic heterocycles. The molecule has 3 unspecified atom stereocenters. The normalized spacial score (nSPS) is 37.5. The van der Waals surface area contributed by atoms with Gasteiger partial charge >= 0.3 is 0 Å². The van der Waals surface area contributed by atoms with E-state index in [2.05, 4.69) is 24.1 Å². The molecule has 3 saturated heterocycles. The van der Waals surface area contributed by atoms with Gasteiger partial charge in [-0.15, -0.1) is 0 Å². The van der Waals surface area contributed by atoms with Gasteiger partial charge in [-0.05, 0) is 37.5 Å². The van der Waals surface area contributed by atoms with Crippen LogP contribution in [-0.2, 0) is 4.79 Å². The van der Waals surface area contributed by atoms with Gasteiger partial charge in [-0.2, -0.15) is 11.8 Å². The molecule has 0 aromatic carbocycles. The molecule has 3 atom stereocenters. The molecule has 3 heterocycles. The molecule has 20 heavy (non-hydrogen) atoms. The summed E-state index contributed by atoms with van der Waals surface area (Å²) in [6.45, 7) is 6.48. The smallest absolute Gasteiger partial charge is 0.222 e. The maximum Gasteiger partial charge on any atom is 0.222 e. The number of piperidine rings is 1. The van der Waals surface area contributed by atoms with Gasteiger partial charge in [0, 0.05) is 42.6 Å². The maximum absolute atomic E-state index is 12.6. The summed E-state index contributed by atoms with van der Waals surface area (Å²) in [4.78, 5) is 14.7. The Morgan fingerprint density at radius 3 is 2.65 bits per heavy atom. The first-order valence-electron chi connectivity index (χ1n) is 8.27. The van der Waals surface area contributed by atoms with Crippen molar-refractivity contribution in [3.63, 3.8) is 0 Å². The van der Waals surface area contributed by atoms with E-state index < -0.39 is 0 Å². The van der Waals surface area contributed by atoms with Crippen molar-refractivity contribution in [2.75, 3.05) is 18.8 Å². The topological polar surface area (TPSA) is 32.3 Å². The summed E-state index contributed by atoms with van der Waals surface area (Å²) < 4.78 is 0. The fourth-order valence-electron chi connectivity index (χ4n) is 4.02. The third kappa shape index (κ3) is 3.33. The van der Waals surface area contributed by atoms with Gasteiger partial charge in [0.25, 0.3) is 0 Å². The van der Waals surface area contributed by atoms with Gasteiger partial charge in [-0.25, -0.2) is 0 Å². The molecule has 114 valence electrons. The second-order valence-electron chi connectivity index (χ2n) is 7.17. The van der Waals surface area contributed by atoms with Crippen molar-refractivity contribution in [1.82, 2.24) is 10.2 Å². The Balaban J connectivity index is 1.51. The number of hydrogen-bond acceptors (Lipinski definition) is 3. The molecule has 3 nitrogen and oxygen atoms in total. The number of hydrogen-bond donors (Lipinski definition) is 1. The van der Waals surface area contributed by atoms with Crippen LogP contribution < -0.4 is 5.32 Å². The van der Waals surface area contributed by atoms with Gasteiger partial charge in [0.1, 0.15) is 0 Å². The number of rotatable bonds is 3. The zero-order valence-corrected chi connectivity index (χ0v) is 13.6. The zero-order chi connectivity index (χ0) is 14.1. The largest absolute Gasteiger partial charge is 0.341 e. The van der Waals surface area contributed by atoms with E-state index in [1.807, 2.05) is 11.8 Å². The molecular weight excluding hydrogens is 268 g/mol. The molecule has 0 aromatic rings. The van der Waals surface area contributed by atoms with E-state index in [1.165, 1.54) is 25.7 Å². The van der Waals surface area contributed by atoms with Crippen LogP contribution >= 0.6 is 11.8 Å². The van der Waals surface area contributed by atoms with E-state index in [4.69, 9.17) is 0 Å². The lowest BCUT2D eigenvalue weighted by Crippen LogP contribution is -2.45. The van der Waals surface area contributed by atoms with Crippen molar-refractivity contribution < 1.29 is 4.79 Å². The monoisotopic (exact) mass is 296 g/mol. The number of amides is 1. The first-order valence-corrected chi connectivity index (χ1v) is 9.32. The van der Waals surface area contributed by atoms with E-state index in [-0.39, 0.29) is 0 Å². The number of nitrogens with one attached hydrogen (secondary N) is 1. The third-order valence-corrected chi connectivity index (χ3v) is 6.76. The predicted molar refractivity (Wildman–Crippen MR) is 85.0 cm³/mol. The van der Waals surface area contributed by atoms with Crippen LogP contribution in [0.15, 0.2) is 0 Å². The Labute approximate surface area is 127 Å². The maximum atomic E-state index is 12.6. The van der Waals surface area contributed by atoms with Gasteiger partial charge in [-0.3, -0.25) is 4.79 Å². The van der Waals surface area contributed by atoms with Crippen molar-refractivity contribution in [2.45, 2.75) is 63.3 Å². The lowest BCUT2D eigenvalue weighted by Gasteiger charge is -2.36. The summed E-state index contributed by atoms with van der Waals surface area (Å²) in [5.41, 5.74) is 0. The molecule has 3 aliphatic heterocycles. The highest BCUT2D eigenvalue weighted by Crippen LogP contribution is 2.33. The first kappa shape index (κ1) is 14.7. The second kappa shape index (κ2) is 6.27. The fourth-order valence-corrected chi connectivity index (χ4v) is 5.32. The number of thioether (sulfide) groups is 1.